The lowest BCUT2D eigenvalue weighted by Gasteiger charge is -2.23. The first-order chi connectivity index (χ1) is 12.3. The number of carbonyl (C=O) groups excluding carboxylic acids is 1. The molecule has 0 aromatic heterocycles. The molecule has 2 unspecified atom stereocenters. The predicted octanol–water partition coefficient (Wildman–Crippen LogP) is 3.71. The van der Waals surface area contributed by atoms with Crippen molar-refractivity contribution in [2.24, 2.45) is 5.92 Å². The Kier molecular flexibility index (Phi) is 6.56. The first kappa shape index (κ1) is 20.1. The Balaban J connectivity index is 2.30. The quantitative estimate of drug-likeness (QED) is 0.803. The number of amides is 1. The van der Waals surface area contributed by atoms with Crippen LogP contribution in [-0.2, 0) is 14.8 Å². The van der Waals surface area contributed by atoms with Gasteiger partial charge in [-0.3, -0.25) is 4.79 Å². The summed E-state index contributed by atoms with van der Waals surface area (Å²) in [5, 5.41) is 2.89. The Labute approximate surface area is 156 Å². The zero-order valence-corrected chi connectivity index (χ0v) is 16.5. The molecule has 140 valence electrons. The first-order valence-electron chi connectivity index (χ1n) is 8.65. The van der Waals surface area contributed by atoms with E-state index in [0.29, 0.717) is 5.69 Å². The highest BCUT2D eigenvalue weighted by Gasteiger charge is 2.26. The van der Waals surface area contributed by atoms with E-state index in [-0.39, 0.29) is 22.6 Å². The lowest BCUT2D eigenvalue weighted by Crippen LogP contribution is -2.26. The summed E-state index contributed by atoms with van der Waals surface area (Å²) in [6, 6.07) is 16.0. The number of rotatable bonds is 7. The van der Waals surface area contributed by atoms with Gasteiger partial charge in [0.1, 0.15) is 0 Å². The molecular formula is C20H26N2O3S. The Morgan fingerprint density at radius 2 is 1.73 bits per heavy atom. The maximum atomic E-state index is 12.9. The fourth-order valence-corrected chi connectivity index (χ4v) is 3.75. The van der Waals surface area contributed by atoms with Gasteiger partial charge >= 0.3 is 0 Å². The van der Waals surface area contributed by atoms with E-state index in [9.17, 15) is 13.2 Å². The summed E-state index contributed by atoms with van der Waals surface area (Å²) in [5.41, 5.74) is 1.43. The summed E-state index contributed by atoms with van der Waals surface area (Å²) in [4.78, 5) is 13.1. The molecule has 2 aromatic carbocycles. The van der Waals surface area contributed by atoms with Gasteiger partial charge in [0.25, 0.3) is 0 Å². The van der Waals surface area contributed by atoms with Crippen LogP contribution >= 0.6 is 0 Å². The van der Waals surface area contributed by atoms with Crippen LogP contribution in [0.15, 0.2) is 59.5 Å². The van der Waals surface area contributed by atoms with E-state index in [1.54, 1.807) is 12.1 Å². The number of anilines is 1. The summed E-state index contributed by atoms with van der Waals surface area (Å²) in [5.74, 6) is -0.272. The number of nitrogens with one attached hydrogen (secondary N) is 1. The van der Waals surface area contributed by atoms with Gasteiger partial charge in [0.2, 0.25) is 15.9 Å². The lowest BCUT2D eigenvalue weighted by molar-refractivity contribution is -0.118. The van der Waals surface area contributed by atoms with Crippen molar-refractivity contribution in [2.45, 2.75) is 31.1 Å². The molecule has 0 saturated carbocycles. The van der Waals surface area contributed by atoms with Crippen molar-refractivity contribution in [2.75, 3.05) is 19.4 Å². The highest BCUT2D eigenvalue weighted by Crippen LogP contribution is 2.29. The largest absolute Gasteiger partial charge is 0.326 e. The van der Waals surface area contributed by atoms with Gasteiger partial charge in [-0.1, -0.05) is 56.7 Å². The van der Waals surface area contributed by atoms with Gasteiger partial charge in [0.05, 0.1) is 10.8 Å². The molecule has 2 atom stereocenters. The van der Waals surface area contributed by atoms with Crippen LogP contribution in [0.3, 0.4) is 0 Å². The molecule has 0 saturated heterocycles. The molecule has 0 aliphatic rings. The summed E-state index contributed by atoms with van der Waals surface area (Å²) in [7, 11) is -0.584. The molecule has 0 radical (unpaired) electrons. The molecule has 0 heterocycles. The lowest BCUT2D eigenvalue weighted by atomic mass is 9.85. The van der Waals surface area contributed by atoms with Crippen LogP contribution in [0, 0.1) is 5.92 Å². The van der Waals surface area contributed by atoms with E-state index in [1.807, 2.05) is 37.3 Å². The van der Waals surface area contributed by atoms with E-state index in [1.165, 1.54) is 26.2 Å². The van der Waals surface area contributed by atoms with Crippen molar-refractivity contribution >= 4 is 21.6 Å². The molecule has 1 amide bonds. The van der Waals surface area contributed by atoms with Gasteiger partial charge in [-0.05, 0) is 29.7 Å². The van der Waals surface area contributed by atoms with Gasteiger partial charge in [-0.2, -0.15) is 0 Å². The maximum absolute atomic E-state index is 12.9. The minimum absolute atomic E-state index is 0.134. The van der Waals surface area contributed by atoms with Crippen LogP contribution < -0.4 is 5.32 Å². The van der Waals surface area contributed by atoms with Crippen molar-refractivity contribution < 1.29 is 13.2 Å². The Morgan fingerprint density at radius 1 is 1.08 bits per heavy atom. The average molecular weight is 375 g/mol. The monoisotopic (exact) mass is 374 g/mol. The Hall–Kier alpha value is -2.18. The summed E-state index contributed by atoms with van der Waals surface area (Å²) >= 11 is 0. The molecule has 1 N–H and O–H groups in total. The predicted molar refractivity (Wildman–Crippen MR) is 105 cm³/mol. The second-order valence-corrected chi connectivity index (χ2v) is 8.73. The number of benzene rings is 2. The van der Waals surface area contributed by atoms with Crippen LogP contribution in [0.1, 0.15) is 31.7 Å². The Morgan fingerprint density at radius 3 is 2.31 bits per heavy atom. The third-order valence-corrected chi connectivity index (χ3v) is 6.35. The molecule has 6 heteroatoms. The molecule has 5 nitrogen and oxygen atoms in total. The fourth-order valence-electron chi connectivity index (χ4n) is 2.80. The van der Waals surface area contributed by atoms with Crippen LogP contribution in [0.4, 0.5) is 5.69 Å². The third-order valence-electron chi connectivity index (χ3n) is 4.53. The van der Waals surface area contributed by atoms with Crippen molar-refractivity contribution in [3.63, 3.8) is 0 Å². The maximum Gasteiger partial charge on any atom is 0.242 e. The smallest absolute Gasteiger partial charge is 0.242 e. The number of carbonyl (C=O) groups is 1. The number of hydrogen-bond acceptors (Lipinski definition) is 3. The molecule has 0 aliphatic heterocycles. The second-order valence-electron chi connectivity index (χ2n) is 6.58. The van der Waals surface area contributed by atoms with Crippen LogP contribution in [0.5, 0.6) is 0 Å². The summed E-state index contributed by atoms with van der Waals surface area (Å²) in [6.45, 7) is 4.10. The summed E-state index contributed by atoms with van der Waals surface area (Å²) < 4.78 is 25.7. The molecule has 0 fully saturated rings. The molecular weight excluding hydrogens is 348 g/mol. The molecule has 26 heavy (non-hydrogen) atoms. The molecule has 0 spiro atoms. The SMILES string of the molecule is CCC(C)C(C(=O)Nc1cccc(S(=O)(=O)N(C)C)c1)c1ccccc1. The van der Waals surface area contributed by atoms with E-state index in [0.717, 1.165) is 16.3 Å². The molecule has 2 aromatic rings. The fraction of sp³-hybridized carbons (Fsp3) is 0.350. The van der Waals surface area contributed by atoms with E-state index in [2.05, 4.69) is 12.2 Å². The van der Waals surface area contributed by atoms with Crippen LogP contribution in [-0.4, -0.2) is 32.7 Å². The van der Waals surface area contributed by atoms with Crippen molar-refractivity contribution in [1.29, 1.82) is 0 Å². The first-order valence-corrected chi connectivity index (χ1v) is 10.1. The molecule has 0 aliphatic carbocycles. The van der Waals surface area contributed by atoms with Crippen LogP contribution in [0.2, 0.25) is 0 Å². The number of sulfonamides is 1. The van der Waals surface area contributed by atoms with Gasteiger partial charge in [-0.15, -0.1) is 0 Å². The van der Waals surface area contributed by atoms with Gasteiger partial charge < -0.3 is 5.32 Å². The average Bonchev–Trinajstić information content (AvgIpc) is 2.62. The van der Waals surface area contributed by atoms with Crippen molar-refractivity contribution in [3.8, 4) is 0 Å². The number of nitrogens with zero attached hydrogens (tertiary/aromatic N) is 1. The van der Waals surface area contributed by atoms with Gasteiger partial charge in [0, 0.05) is 19.8 Å². The highest BCUT2D eigenvalue weighted by atomic mass is 32.2. The van der Waals surface area contributed by atoms with Crippen LogP contribution in [0.25, 0.3) is 0 Å². The Bertz CT molecular complexity index is 848. The van der Waals surface area contributed by atoms with Gasteiger partial charge in [0.15, 0.2) is 0 Å². The molecule has 0 bridgehead atoms. The standard InChI is InChI=1S/C20H26N2O3S/c1-5-15(2)19(16-10-7-6-8-11-16)20(23)21-17-12-9-13-18(14-17)26(24,25)22(3)4/h6-15,19H,5H2,1-4H3,(H,21,23). The topological polar surface area (TPSA) is 66.5 Å². The van der Waals surface area contributed by atoms with E-state index < -0.39 is 10.0 Å². The zero-order chi connectivity index (χ0) is 19.3. The highest BCUT2D eigenvalue weighted by molar-refractivity contribution is 7.89. The zero-order valence-electron chi connectivity index (χ0n) is 15.6. The van der Waals surface area contributed by atoms with Crippen molar-refractivity contribution in [3.05, 3.63) is 60.2 Å². The molecule has 2 rings (SSSR count). The second kappa shape index (κ2) is 8.47. The van der Waals surface area contributed by atoms with Crippen molar-refractivity contribution in [1.82, 2.24) is 4.31 Å². The summed E-state index contributed by atoms with van der Waals surface area (Å²) in [6.07, 6.45) is 0.863. The number of hydrogen-bond donors (Lipinski definition) is 1. The van der Waals surface area contributed by atoms with E-state index >= 15 is 0 Å². The minimum Gasteiger partial charge on any atom is -0.326 e. The normalized spacial score (nSPS) is 14.0. The van der Waals surface area contributed by atoms with Gasteiger partial charge in [-0.25, -0.2) is 12.7 Å². The van der Waals surface area contributed by atoms with E-state index in [4.69, 9.17) is 0 Å². The third kappa shape index (κ3) is 4.51. The minimum atomic E-state index is -3.55.